The van der Waals surface area contributed by atoms with Gasteiger partial charge in [-0.2, -0.15) is 0 Å². The maximum atomic E-state index is 7.04. The van der Waals surface area contributed by atoms with Gasteiger partial charge in [0, 0.05) is 32.6 Å². The number of allylic oxidation sites excluding steroid dienone is 3. The van der Waals surface area contributed by atoms with Crippen molar-refractivity contribution in [3.8, 4) is 0 Å². The Kier molecular flexibility index (Phi) is 7.34. The molecule has 5 heteroatoms. The maximum absolute atomic E-state index is 7.04. The van der Waals surface area contributed by atoms with Gasteiger partial charge in [-0.25, -0.2) is 4.99 Å². The molecule has 0 aromatic heterocycles. The van der Waals surface area contributed by atoms with Gasteiger partial charge < -0.3 is 9.74 Å². The van der Waals surface area contributed by atoms with Crippen LogP contribution < -0.4 is 0 Å². The number of rotatable bonds is 6. The van der Waals surface area contributed by atoms with E-state index in [1.54, 1.807) is 26.1 Å². The van der Waals surface area contributed by atoms with Crippen LogP contribution in [0.2, 0.25) is 0 Å². The molecule has 0 atom stereocenters. The summed E-state index contributed by atoms with van der Waals surface area (Å²) < 4.78 is 0. The largest absolute Gasteiger partial charge is 0.383 e. The molecular formula is C12H20N4O. The molecule has 0 radical (unpaired) electrons. The molecule has 0 fully saturated rings. The minimum absolute atomic E-state index is 0.621. The average Bonchev–Trinajstić information content (AvgIpc) is 2.24. The van der Waals surface area contributed by atoms with Crippen molar-refractivity contribution in [2.24, 2.45) is 10.1 Å². The summed E-state index contributed by atoms with van der Waals surface area (Å²) in [4.78, 5) is 11.0. The lowest BCUT2D eigenvalue weighted by Crippen LogP contribution is -2.07. The predicted molar refractivity (Wildman–Crippen MR) is 72.7 cm³/mol. The zero-order valence-electron chi connectivity index (χ0n) is 11.1. The number of hydrogen-bond acceptors (Lipinski definition) is 4. The highest BCUT2D eigenvalue weighted by molar-refractivity contribution is 6.10. The second kappa shape index (κ2) is 8.27. The fourth-order valence-electron chi connectivity index (χ4n) is 1.13. The first-order chi connectivity index (χ1) is 8.01. The van der Waals surface area contributed by atoms with E-state index in [4.69, 9.17) is 10.2 Å². The summed E-state index contributed by atoms with van der Waals surface area (Å²) in [6.45, 7) is 5.49. The summed E-state index contributed by atoms with van der Waals surface area (Å²) in [5.74, 6) is 0.621. The van der Waals surface area contributed by atoms with E-state index in [1.165, 1.54) is 0 Å². The molecule has 0 rings (SSSR count). The third kappa shape index (κ3) is 7.05. The number of nitrogens with one attached hydrogen (secondary N) is 1. The van der Waals surface area contributed by atoms with Crippen molar-refractivity contribution < 1.29 is 4.84 Å². The number of aliphatic imine (C=N–C) groups is 1. The summed E-state index contributed by atoms with van der Waals surface area (Å²) in [5.41, 5.74) is 1.62. The number of nitrogens with zero attached hydrogens (tertiary/aromatic N) is 3. The van der Waals surface area contributed by atoms with Crippen molar-refractivity contribution in [3.05, 3.63) is 23.6 Å². The molecule has 0 heterocycles. The lowest BCUT2D eigenvalue weighted by atomic mass is 10.2. The highest BCUT2D eigenvalue weighted by Crippen LogP contribution is 2.05. The quantitative estimate of drug-likeness (QED) is 0.333. The molecule has 0 saturated heterocycles. The Hall–Kier alpha value is -1.91. The van der Waals surface area contributed by atoms with Crippen LogP contribution in [0, 0.1) is 5.41 Å². The fraction of sp³-hybridized carbons (Fsp3) is 0.417. The minimum atomic E-state index is 0.621. The molecule has 0 amide bonds. The SMILES string of the molecule is C/C=N/O/C(C)=C/C(=N/C=N)C(/C)=C/N(C)C. The van der Waals surface area contributed by atoms with E-state index < -0.39 is 0 Å². The standard InChI is InChI=1S/C12H20N4O/c1-6-15-17-11(3)7-12(14-9-13)10(2)8-16(4)5/h6-9,13H,1-5H3/b10-8+,11-7+,13-9?,14-12-,15-6+. The second-order valence-electron chi connectivity index (χ2n) is 3.63. The van der Waals surface area contributed by atoms with Gasteiger partial charge in [0.05, 0.1) is 5.71 Å². The van der Waals surface area contributed by atoms with Gasteiger partial charge in [-0.1, -0.05) is 5.16 Å². The lowest BCUT2D eigenvalue weighted by molar-refractivity contribution is 0.232. The number of hydrogen-bond donors (Lipinski definition) is 1. The van der Waals surface area contributed by atoms with Gasteiger partial charge in [0.25, 0.3) is 0 Å². The first-order valence-corrected chi connectivity index (χ1v) is 5.26. The van der Waals surface area contributed by atoms with Crippen LogP contribution in [-0.4, -0.2) is 37.3 Å². The van der Waals surface area contributed by atoms with E-state index in [0.717, 1.165) is 11.9 Å². The predicted octanol–water partition coefficient (Wildman–Crippen LogP) is 2.43. The highest BCUT2D eigenvalue weighted by Gasteiger charge is 2.01. The Balaban J connectivity index is 5.00. The van der Waals surface area contributed by atoms with Crippen LogP contribution in [0.3, 0.4) is 0 Å². The van der Waals surface area contributed by atoms with Gasteiger partial charge in [-0.3, -0.25) is 5.41 Å². The lowest BCUT2D eigenvalue weighted by Gasteiger charge is -2.08. The molecule has 1 N–H and O–H groups in total. The molecule has 0 unspecified atom stereocenters. The Bertz CT molecular complexity index is 365. The smallest absolute Gasteiger partial charge is 0.134 e. The molecule has 0 bridgehead atoms. The zero-order valence-corrected chi connectivity index (χ0v) is 11.1. The van der Waals surface area contributed by atoms with Gasteiger partial charge in [0.15, 0.2) is 0 Å². The fourth-order valence-corrected chi connectivity index (χ4v) is 1.13. The molecule has 0 aromatic carbocycles. The van der Waals surface area contributed by atoms with Gasteiger partial charge in [0.1, 0.15) is 12.1 Å². The van der Waals surface area contributed by atoms with Crippen molar-refractivity contribution in [3.63, 3.8) is 0 Å². The molecule has 0 spiro atoms. The van der Waals surface area contributed by atoms with E-state index in [1.807, 2.05) is 32.1 Å². The summed E-state index contributed by atoms with van der Waals surface area (Å²) in [5, 5.41) is 10.7. The first kappa shape index (κ1) is 15.1. The van der Waals surface area contributed by atoms with Crippen LogP contribution in [0.1, 0.15) is 20.8 Å². The second-order valence-corrected chi connectivity index (χ2v) is 3.63. The van der Waals surface area contributed by atoms with Crippen molar-refractivity contribution in [2.75, 3.05) is 14.1 Å². The minimum Gasteiger partial charge on any atom is -0.383 e. The molecule has 0 aliphatic carbocycles. The van der Waals surface area contributed by atoms with E-state index in [0.29, 0.717) is 11.5 Å². The van der Waals surface area contributed by atoms with Gasteiger partial charge in [-0.15, -0.1) is 0 Å². The van der Waals surface area contributed by atoms with E-state index in [9.17, 15) is 0 Å². The van der Waals surface area contributed by atoms with Crippen LogP contribution >= 0.6 is 0 Å². The van der Waals surface area contributed by atoms with Gasteiger partial charge in [0.2, 0.25) is 0 Å². The molecule has 94 valence electrons. The number of oxime groups is 1. The molecule has 0 saturated carbocycles. The molecule has 17 heavy (non-hydrogen) atoms. The summed E-state index contributed by atoms with van der Waals surface area (Å²) >= 11 is 0. The normalized spacial score (nSPS) is 14.1. The highest BCUT2D eigenvalue weighted by atomic mass is 16.6. The van der Waals surface area contributed by atoms with Crippen LogP contribution in [-0.2, 0) is 4.84 Å². The van der Waals surface area contributed by atoms with Crippen LogP contribution in [0.5, 0.6) is 0 Å². The molecule has 0 aromatic rings. The molecule has 0 aliphatic heterocycles. The Morgan fingerprint density at radius 1 is 1.29 bits per heavy atom. The van der Waals surface area contributed by atoms with E-state index in [2.05, 4.69) is 10.1 Å². The molecule has 5 nitrogen and oxygen atoms in total. The topological polar surface area (TPSA) is 61.0 Å². The Morgan fingerprint density at radius 2 is 1.94 bits per heavy atom. The monoisotopic (exact) mass is 236 g/mol. The van der Waals surface area contributed by atoms with Crippen LogP contribution in [0.15, 0.2) is 33.8 Å². The van der Waals surface area contributed by atoms with Gasteiger partial charge >= 0.3 is 0 Å². The summed E-state index contributed by atoms with van der Waals surface area (Å²) in [6, 6.07) is 0. The van der Waals surface area contributed by atoms with E-state index in [-0.39, 0.29) is 0 Å². The van der Waals surface area contributed by atoms with Gasteiger partial charge in [-0.05, 0) is 26.3 Å². The third-order valence-corrected chi connectivity index (χ3v) is 1.70. The summed E-state index contributed by atoms with van der Waals surface area (Å²) in [7, 11) is 3.86. The Morgan fingerprint density at radius 3 is 2.41 bits per heavy atom. The van der Waals surface area contributed by atoms with Crippen molar-refractivity contribution in [2.45, 2.75) is 20.8 Å². The molecule has 0 aliphatic rings. The summed E-state index contributed by atoms with van der Waals surface area (Å²) in [6.07, 6.45) is 6.24. The maximum Gasteiger partial charge on any atom is 0.134 e. The van der Waals surface area contributed by atoms with Crippen LogP contribution in [0.4, 0.5) is 0 Å². The first-order valence-electron chi connectivity index (χ1n) is 5.26. The van der Waals surface area contributed by atoms with Crippen molar-refractivity contribution in [1.29, 1.82) is 5.41 Å². The van der Waals surface area contributed by atoms with Crippen molar-refractivity contribution in [1.82, 2.24) is 4.90 Å². The third-order valence-electron chi connectivity index (χ3n) is 1.70. The Labute approximate surface area is 103 Å². The van der Waals surface area contributed by atoms with Crippen molar-refractivity contribution >= 4 is 18.3 Å². The van der Waals surface area contributed by atoms with Crippen LogP contribution in [0.25, 0.3) is 0 Å². The zero-order chi connectivity index (χ0) is 13.3. The average molecular weight is 236 g/mol. The molecular weight excluding hydrogens is 216 g/mol. The van der Waals surface area contributed by atoms with E-state index >= 15 is 0 Å².